The van der Waals surface area contributed by atoms with Gasteiger partial charge in [0, 0.05) is 17.5 Å². The molecule has 1 aliphatic rings. The van der Waals surface area contributed by atoms with E-state index in [0.29, 0.717) is 6.04 Å². The standard InChI is InChI=1S/C11H17NOS/c13-11-6-2-1-5-10(11)12-8-9-4-3-7-14-9/h3-4,7,10-13H,1-2,5-6,8H2/t10-,11+/m1/s1. The van der Waals surface area contributed by atoms with Gasteiger partial charge in [0.15, 0.2) is 0 Å². The minimum absolute atomic E-state index is 0.135. The lowest BCUT2D eigenvalue weighted by Gasteiger charge is -2.28. The van der Waals surface area contributed by atoms with Crippen molar-refractivity contribution < 1.29 is 5.11 Å². The van der Waals surface area contributed by atoms with Crippen LogP contribution in [0.5, 0.6) is 0 Å². The first kappa shape index (κ1) is 10.1. The van der Waals surface area contributed by atoms with Crippen molar-refractivity contribution in [3.63, 3.8) is 0 Å². The van der Waals surface area contributed by atoms with Crippen LogP contribution in [0, 0.1) is 0 Å². The summed E-state index contributed by atoms with van der Waals surface area (Å²) in [6, 6.07) is 4.51. The van der Waals surface area contributed by atoms with Crippen LogP contribution in [0.1, 0.15) is 30.6 Å². The molecule has 0 saturated heterocycles. The number of nitrogens with one attached hydrogen (secondary N) is 1. The van der Waals surface area contributed by atoms with Crippen molar-refractivity contribution >= 4 is 11.3 Å². The molecule has 0 amide bonds. The molecule has 1 saturated carbocycles. The van der Waals surface area contributed by atoms with Crippen LogP contribution < -0.4 is 5.32 Å². The maximum atomic E-state index is 9.74. The maximum absolute atomic E-state index is 9.74. The predicted molar refractivity (Wildman–Crippen MR) is 59.4 cm³/mol. The lowest BCUT2D eigenvalue weighted by Crippen LogP contribution is -2.41. The monoisotopic (exact) mass is 211 g/mol. The topological polar surface area (TPSA) is 32.3 Å². The minimum atomic E-state index is -0.135. The van der Waals surface area contributed by atoms with Crippen LogP contribution in [0.2, 0.25) is 0 Å². The van der Waals surface area contributed by atoms with Gasteiger partial charge in [-0.2, -0.15) is 0 Å². The number of hydrogen-bond acceptors (Lipinski definition) is 3. The zero-order valence-corrected chi connectivity index (χ0v) is 9.09. The summed E-state index contributed by atoms with van der Waals surface area (Å²) in [5, 5.41) is 15.3. The normalized spacial score (nSPS) is 27.8. The molecule has 3 heteroatoms. The summed E-state index contributed by atoms with van der Waals surface area (Å²) in [5.41, 5.74) is 0. The summed E-state index contributed by atoms with van der Waals surface area (Å²) in [6.07, 6.45) is 4.37. The van der Waals surface area contributed by atoms with Crippen molar-refractivity contribution in [2.45, 2.75) is 44.4 Å². The Morgan fingerprint density at radius 1 is 1.43 bits per heavy atom. The van der Waals surface area contributed by atoms with Gasteiger partial charge in [0.2, 0.25) is 0 Å². The average molecular weight is 211 g/mol. The molecule has 1 aromatic heterocycles. The number of aliphatic hydroxyl groups is 1. The molecule has 1 aliphatic carbocycles. The van der Waals surface area contributed by atoms with Gasteiger partial charge in [-0.05, 0) is 24.3 Å². The van der Waals surface area contributed by atoms with Gasteiger partial charge in [0.25, 0.3) is 0 Å². The first-order valence-corrected chi connectivity index (χ1v) is 6.18. The van der Waals surface area contributed by atoms with Crippen molar-refractivity contribution in [3.8, 4) is 0 Å². The summed E-state index contributed by atoms with van der Waals surface area (Å²) in [4.78, 5) is 1.35. The van der Waals surface area contributed by atoms with E-state index in [1.165, 1.54) is 17.7 Å². The molecule has 1 heterocycles. The van der Waals surface area contributed by atoms with Crippen molar-refractivity contribution in [1.29, 1.82) is 0 Å². The smallest absolute Gasteiger partial charge is 0.0693 e. The average Bonchev–Trinajstić information content (AvgIpc) is 2.69. The molecule has 0 unspecified atom stereocenters. The van der Waals surface area contributed by atoms with Gasteiger partial charge in [-0.25, -0.2) is 0 Å². The van der Waals surface area contributed by atoms with E-state index in [1.807, 2.05) is 0 Å². The van der Waals surface area contributed by atoms with Gasteiger partial charge in [0.1, 0.15) is 0 Å². The van der Waals surface area contributed by atoms with Crippen molar-refractivity contribution in [2.75, 3.05) is 0 Å². The molecular formula is C11H17NOS. The minimum Gasteiger partial charge on any atom is -0.392 e. The summed E-state index contributed by atoms with van der Waals surface area (Å²) < 4.78 is 0. The summed E-state index contributed by atoms with van der Waals surface area (Å²) >= 11 is 1.77. The van der Waals surface area contributed by atoms with Gasteiger partial charge in [-0.3, -0.25) is 0 Å². The fourth-order valence-electron chi connectivity index (χ4n) is 1.99. The molecule has 2 rings (SSSR count). The second-order valence-corrected chi connectivity index (χ2v) is 4.95. The second-order valence-electron chi connectivity index (χ2n) is 3.92. The highest BCUT2D eigenvalue weighted by Gasteiger charge is 2.21. The number of hydrogen-bond donors (Lipinski definition) is 2. The fraction of sp³-hybridized carbons (Fsp3) is 0.636. The molecule has 1 fully saturated rings. The van der Waals surface area contributed by atoms with Crippen LogP contribution in [-0.4, -0.2) is 17.3 Å². The summed E-state index contributed by atoms with van der Waals surface area (Å²) in [6.45, 7) is 0.902. The highest BCUT2D eigenvalue weighted by molar-refractivity contribution is 7.09. The van der Waals surface area contributed by atoms with Crippen LogP contribution in [-0.2, 0) is 6.54 Å². The van der Waals surface area contributed by atoms with E-state index in [9.17, 15) is 5.11 Å². The van der Waals surface area contributed by atoms with E-state index in [4.69, 9.17) is 0 Å². The Bertz CT molecular complexity index is 260. The van der Waals surface area contributed by atoms with E-state index < -0.39 is 0 Å². The van der Waals surface area contributed by atoms with E-state index in [2.05, 4.69) is 22.8 Å². The van der Waals surface area contributed by atoms with Gasteiger partial charge in [-0.15, -0.1) is 11.3 Å². The predicted octanol–water partition coefficient (Wildman–Crippen LogP) is 2.14. The van der Waals surface area contributed by atoms with Crippen LogP contribution in [0.15, 0.2) is 17.5 Å². The van der Waals surface area contributed by atoms with Crippen LogP contribution >= 0.6 is 11.3 Å². The molecule has 0 aromatic carbocycles. The summed E-state index contributed by atoms with van der Waals surface area (Å²) in [5.74, 6) is 0. The van der Waals surface area contributed by atoms with Crippen LogP contribution in [0.4, 0.5) is 0 Å². The lowest BCUT2D eigenvalue weighted by molar-refractivity contribution is 0.0904. The fourth-order valence-corrected chi connectivity index (χ4v) is 2.65. The van der Waals surface area contributed by atoms with Crippen LogP contribution in [0.25, 0.3) is 0 Å². The highest BCUT2D eigenvalue weighted by atomic mass is 32.1. The first-order valence-electron chi connectivity index (χ1n) is 5.30. The van der Waals surface area contributed by atoms with Crippen molar-refractivity contribution in [1.82, 2.24) is 5.32 Å². The van der Waals surface area contributed by atoms with Gasteiger partial charge in [-0.1, -0.05) is 18.9 Å². The number of rotatable bonds is 3. The van der Waals surface area contributed by atoms with Gasteiger partial charge < -0.3 is 10.4 Å². The molecule has 14 heavy (non-hydrogen) atoms. The second kappa shape index (κ2) is 4.91. The highest BCUT2D eigenvalue weighted by Crippen LogP contribution is 2.19. The van der Waals surface area contributed by atoms with Crippen molar-refractivity contribution in [3.05, 3.63) is 22.4 Å². The lowest BCUT2D eigenvalue weighted by atomic mass is 9.92. The SMILES string of the molecule is O[C@H]1CCCC[C@H]1NCc1cccs1. The van der Waals surface area contributed by atoms with E-state index >= 15 is 0 Å². The molecule has 0 bridgehead atoms. The molecule has 1 aromatic rings. The third kappa shape index (κ3) is 2.56. The van der Waals surface area contributed by atoms with E-state index in [0.717, 1.165) is 19.4 Å². The molecule has 78 valence electrons. The quantitative estimate of drug-likeness (QED) is 0.803. The Labute approximate surface area is 89.0 Å². The first-order chi connectivity index (χ1) is 6.86. The Morgan fingerprint density at radius 3 is 3.00 bits per heavy atom. The van der Waals surface area contributed by atoms with Gasteiger partial charge in [0.05, 0.1) is 6.10 Å². The largest absolute Gasteiger partial charge is 0.392 e. The molecule has 0 aliphatic heterocycles. The van der Waals surface area contributed by atoms with Crippen LogP contribution in [0.3, 0.4) is 0 Å². The summed E-state index contributed by atoms with van der Waals surface area (Å²) in [7, 11) is 0. The Balaban J connectivity index is 1.79. The third-order valence-electron chi connectivity index (χ3n) is 2.85. The van der Waals surface area contributed by atoms with E-state index in [1.54, 1.807) is 11.3 Å². The molecular weight excluding hydrogens is 194 g/mol. The molecule has 0 radical (unpaired) electrons. The molecule has 2 nitrogen and oxygen atoms in total. The number of aliphatic hydroxyl groups excluding tert-OH is 1. The Kier molecular flexibility index (Phi) is 3.56. The van der Waals surface area contributed by atoms with Crippen molar-refractivity contribution in [2.24, 2.45) is 0 Å². The zero-order chi connectivity index (χ0) is 9.80. The molecule has 2 atom stereocenters. The Hall–Kier alpha value is -0.380. The molecule has 2 N–H and O–H groups in total. The number of thiophene rings is 1. The van der Waals surface area contributed by atoms with E-state index in [-0.39, 0.29) is 6.10 Å². The Morgan fingerprint density at radius 2 is 2.29 bits per heavy atom. The maximum Gasteiger partial charge on any atom is 0.0693 e. The van der Waals surface area contributed by atoms with Gasteiger partial charge >= 0.3 is 0 Å². The zero-order valence-electron chi connectivity index (χ0n) is 8.28. The molecule has 0 spiro atoms. The third-order valence-corrected chi connectivity index (χ3v) is 3.72.